The van der Waals surface area contributed by atoms with Crippen molar-refractivity contribution in [3.63, 3.8) is 0 Å². The van der Waals surface area contributed by atoms with Crippen molar-refractivity contribution in [3.05, 3.63) is 36.6 Å². The van der Waals surface area contributed by atoms with Crippen LogP contribution < -0.4 is 0 Å². The lowest BCUT2D eigenvalue weighted by atomic mass is 9.88. The van der Waals surface area contributed by atoms with Crippen molar-refractivity contribution < 1.29 is 39.1 Å². The van der Waals surface area contributed by atoms with E-state index in [1.54, 1.807) is 18.7 Å². The van der Waals surface area contributed by atoms with Crippen LogP contribution in [-0.2, 0) is 9.59 Å². The number of nitrogens with zero attached hydrogens (tertiary/aromatic N) is 4. The lowest BCUT2D eigenvalue weighted by molar-refractivity contribution is -0.955. The van der Waals surface area contributed by atoms with E-state index in [9.17, 15) is 29.4 Å². The second kappa shape index (κ2) is 6.92. The van der Waals surface area contributed by atoms with Gasteiger partial charge < -0.3 is 20.2 Å². The number of Topliss-reactive ketones (excluding diaryl/α,β-unsaturated/α-hetero) is 1. The van der Waals surface area contributed by atoms with Gasteiger partial charge >= 0.3 is 18.2 Å². The molecule has 2 bridgehead atoms. The standard InChI is InChI=1S/C18H22N4O7/c1-3-12(23)18(6-9-19(10-7-18)8-5-15(24)25)21-13-11-22(21,17(28)29)14(4-2)20(13)16(26)27/h6-7,9-11,14H,3-5,8H2,1-2H3,(H2-,24,25,26,27,28,29)/p+1. The molecular weight excluding hydrogens is 384 g/mol. The number of carboxylic acid groups (broad SMARTS) is 3. The fourth-order valence-electron chi connectivity index (χ4n) is 4.16. The molecule has 2 atom stereocenters. The maximum atomic E-state index is 13.0. The summed E-state index contributed by atoms with van der Waals surface area (Å²) in [4.78, 5) is 50.5. The first-order valence-corrected chi connectivity index (χ1v) is 9.22. The van der Waals surface area contributed by atoms with Crippen LogP contribution in [0.15, 0.2) is 36.6 Å². The van der Waals surface area contributed by atoms with Gasteiger partial charge in [-0.15, -0.1) is 0 Å². The van der Waals surface area contributed by atoms with E-state index in [2.05, 4.69) is 0 Å². The molecule has 2 unspecified atom stereocenters. The zero-order chi connectivity index (χ0) is 21.6. The van der Waals surface area contributed by atoms with Crippen LogP contribution in [-0.4, -0.2) is 76.9 Å². The summed E-state index contributed by atoms with van der Waals surface area (Å²) in [6, 6.07) is 0. The number of hydrogen-bond donors (Lipinski definition) is 3. The van der Waals surface area contributed by atoms with Gasteiger partial charge in [-0.05, 0) is 12.2 Å². The highest BCUT2D eigenvalue weighted by Crippen LogP contribution is 2.53. The molecule has 11 heteroatoms. The van der Waals surface area contributed by atoms with Gasteiger partial charge in [-0.1, -0.05) is 18.4 Å². The molecule has 4 heterocycles. The Kier molecular flexibility index (Phi) is 4.87. The number of quaternary nitrogens is 1. The van der Waals surface area contributed by atoms with Crippen molar-refractivity contribution in [2.45, 2.75) is 44.8 Å². The molecular formula is C18H23N4O7+. The third kappa shape index (κ3) is 2.69. The number of carboxylic acids is 1. The Balaban J connectivity index is 2.05. The third-order valence-electron chi connectivity index (χ3n) is 5.48. The quantitative estimate of drug-likeness (QED) is 0.539. The third-order valence-corrected chi connectivity index (χ3v) is 5.48. The maximum absolute atomic E-state index is 13.0. The number of carbonyl (C=O) groups is 4. The molecule has 0 saturated carbocycles. The van der Waals surface area contributed by atoms with Gasteiger partial charge in [0.1, 0.15) is 0 Å². The first-order valence-electron chi connectivity index (χ1n) is 9.22. The highest BCUT2D eigenvalue weighted by atomic mass is 16.4. The molecule has 1 fully saturated rings. The van der Waals surface area contributed by atoms with Gasteiger partial charge in [-0.3, -0.25) is 9.59 Å². The summed E-state index contributed by atoms with van der Waals surface area (Å²) >= 11 is 0. The molecule has 4 rings (SSSR count). The minimum absolute atomic E-state index is 0.0943. The zero-order valence-electron chi connectivity index (χ0n) is 16.1. The highest BCUT2D eigenvalue weighted by molar-refractivity contribution is 5.93. The van der Waals surface area contributed by atoms with Gasteiger partial charge in [-0.25, -0.2) is 4.79 Å². The summed E-state index contributed by atoms with van der Waals surface area (Å²) < 4.78 is -0.812. The van der Waals surface area contributed by atoms with E-state index in [0.717, 1.165) is 4.90 Å². The van der Waals surface area contributed by atoms with Crippen LogP contribution in [0.2, 0.25) is 0 Å². The van der Waals surface area contributed by atoms with Crippen LogP contribution >= 0.6 is 0 Å². The normalized spacial score (nSPS) is 26.2. The second-order valence-corrected chi connectivity index (χ2v) is 6.98. The van der Waals surface area contributed by atoms with Gasteiger partial charge in [0.2, 0.25) is 12.0 Å². The number of fused-ring (bicyclic) bond motifs is 1. The van der Waals surface area contributed by atoms with Crippen molar-refractivity contribution in [1.82, 2.24) is 14.8 Å². The summed E-state index contributed by atoms with van der Waals surface area (Å²) in [5, 5.41) is 29.8. The Morgan fingerprint density at radius 2 is 1.72 bits per heavy atom. The summed E-state index contributed by atoms with van der Waals surface area (Å²) in [5.74, 6) is -1.13. The van der Waals surface area contributed by atoms with Crippen LogP contribution in [0, 0.1) is 0 Å². The van der Waals surface area contributed by atoms with E-state index >= 15 is 0 Å². The molecule has 0 aromatic carbocycles. The highest BCUT2D eigenvalue weighted by Gasteiger charge is 2.75. The van der Waals surface area contributed by atoms with Gasteiger partial charge in [0.25, 0.3) is 0 Å². The topological polar surface area (TPSA) is 139 Å². The van der Waals surface area contributed by atoms with Crippen molar-refractivity contribution >= 4 is 23.9 Å². The van der Waals surface area contributed by atoms with Crippen molar-refractivity contribution in [1.29, 1.82) is 0 Å². The molecule has 2 amide bonds. The molecule has 156 valence electrons. The number of ketones is 1. The Labute approximate surface area is 166 Å². The molecule has 11 nitrogen and oxygen atoms in total. The number of rotatable bonds is 7. The summed E-state index contributed by atoms with van der Waals surface area (Å²) in [7, 11) is 0. The molecule has 0 radical (unpaired) electrons. The Bertz CT molecular complexity index is 850. The second-order valence-electron chi connectivity index (χ2n) is 6.98. The van der Waals surface area contributed by atoms with E-state index in [1.807, 2.05) is 0 Å². The fourth-order valence-corrected chi connectivity index (χ4v) is 4.16. The summed E-state index contributed by atoms with van der Waals surface area (Å²) in [6.45, 7) is 3.51. The zero-order valence-corrected chi connectivity index (χ0v) is 16.1. The predicted octanol–water partition coefficient (Wildman–Crippen LogP) is 1.78. The molecule has 0 spiro atoms. The van der Waals surface area contributed by atoms with E-state index in [4.69, 9.17) is 5.11 Å². The fraction of sp³-hybridized carbons (Fsp3) is 0.444. The molecule has 3 N–H and O–H groups in total. The Hall–Kier alpha value is -3.34. The summed E-state index contributed by atoms with van der Waals surface area (Å²) in [6.07, 6.45) is 4.09. The lowest BCUT2D eigenvalue weighted by Gasteiger charge is -2.48. The summed E-state index contributed by atoms with van der Waals surface area (Å²) in [5.41, 5.74) is -1.49. The van der Waals surface area contributed by atoms with E-state index in [1.165, 1.54) is 35.8 Å². The van der Waals surface area contributed by atoms with E-state index in [0.29, 0.717) is 0 Å². The van der Waals surface area contributed by atoms with E-state index < -0.39 is 34.5 Å². The van der Waals surface area contributed by atoms with Crippen LogP contribution in [0.5, 0.6) is 0 Å². The smallest absolute Gasteiger partial charge is 0.481 e. The minimum Gasteiger partial charge on any atom is -0.481 e. The maximum Gasteiger partial charge on any atom is 0.546 e. The first-order chi connectivity index (χ1) is 13.7. The number of carbonyl (C=O) groups excluding carboxylic acids is 1. The average molecular weight is 407 g/mol. The number of aliphatic carboxylic acids is 1. The van der Waals surface area contributed by atoms with Crippen molar-refractivity contribution in [2.75, 3.05) is 6.54 Å². The number of amides is 2. The largest absolute Gasteiger partial charge is 0.546 e. The minimum atomic E-state index is -1.49. The molecule has 29 heavy (non-hydrogen) atoms. The van der Waals surface area contributed by atoms with Crippen LogP contribution in [0.25, 0.3) is 0 Å². The average Bonchev–Trinajstić information content (AvgIpc) is 3.17. The van der Waals surface area contributed by atoms with Gasteiger partial charge in [0, 0.05) is 31.8 Å². The van der Waals surface area contributed by atoms with Gasteiger partial charge in [-0.2, -0.15) is 14.7 Å². The van der Waals surface area contributed by atoms with Crippen molar-refractivity contribution in [3.8, 4) is 0 Å². The number of hydrogen-bond acceptors (Lipinski definition) is 6. The first kappa shape index (κ1) is 20.4. The monoisotopic (exact) mass is 407 g/mol. The van der Waals surface area contributed by atoms with E-state index in [-0.39, 0.29) is 37.4 Å². The lowest BCUT2D eigenvalue weighted by Crippen LogP contribution is -2.72. The molecule has 1 saturated heterocycles. The van der Waals surface area contributed by atoms with Crippen LogP contribution in [0.3, 0.4) is 0 Å². The molecule has 4 aliphatic rings. The van der Waals surface area contributed by atoms with Gasteiger partial charge in [0.15, 0.2) is 17.5 Å². The Morgan fingerprint density at radius 3 is 2.17 bits per heavy atom. The molecule has 0 aliphatic carbocycles. The molecule has 0 aromatic heterocycles. The Morgan fingerprint density at radius 1 is 1.10 bits per heavy atom. The van der Waals surface area contributed by atoms with Crippen LogP contribution in [0.1, 0.15) is 33.1 Å². The van der Waals surface area contributed by atoms with Gasteiger partial charge in [0.05, 0.1) is 6.42 Å². The molecule has 0 aromatic rings. The SMILES string of the molecule is CCC(=O)C1(N2C3=C[N+]2(C(=O)O)C(CC)N3C(=O)O)C=CN(CCC(=O)O)C=C1. The molecule has 4 aliphatic heterocycles. The van der Waals surface area contributed by atoms with Crippen molar-refractivity contribution in [2.24, 2.45) is 0 Å². The van der Waals surface area contributed by atoms with Crippen LogP contribution in [0.4, 0.5) is 9.59 Å². The predicted molar refractivity (Wildman–Crippen MR) is 97.4 cm³/mol.